The van der Waals surface area contributed by atoms with E-state index in [1.165, 1.54) is 44.4 Å². The van der Waals surface area contributed by atoms with E-state index >= 15 is 0 Å². The van der Waals surface area contributed by atoms with E-state index in [0.717, 1.165) is 24.3 Å². The smallest absolute Gasteiger partial charge is 0.507 e. The molecule has 0 aliphatic rings. The number of aliphatic hydroxyl groups excluding tert-OH is 1. The summed E-state index contributed by atoms with van der Waals surface area (Å²) < 4.78 is 139. The predicted octanol–water partition coefficient (Wildman–Crippen LogP) is -4.43. The molecule has 6 aromatic carbocycles. The number of phenolic OH excluding ortho intramolecular Hbond substituents is 3. The number of azo groups is 2. The topological polar surface area (TPSA) is 381 Å². The molecule has 0 unspecified atom stereocenters. The average molecular weight is 1120 g/mol. The predicted molar refractivity (Wildman–Crippen MR) is 223 cm³/mol. The van der Waals surface area contributed by atoms with E-state index in [9.17, 15) is 72.3 Å². The molecule has 0 heterocycles. The number of nitrogens with one attached hydrogen (secondary N) is 1. The maximum atomic E-state index is 12.4. The Kier molecular flexibility index (Phi) is 23.1. The Labute approximate surface area is 490 Å². The number of ether oxygens (including phenoxy) is 1. The van der Waals surface area contributed by atoms with Gasteiger partial charge in [0.2, 0.25) is 0 Å². The summed E-state index contributed by atoms with van der Waals surface area (Å²) in [5, 5.41) is 59.4. The Hall–Kier alpha value is -2.04. The quantitative estimate of drug-likeness (QED) is 0.0194. The molecule has 6 rings (SSSR count). The number of nitrogens with zero attached hydrogens (tertiary/aromatic N) is 5. The van der Waals surface area contributed by atoms with Crippen LogP contribution < -0.4 is 128 Å². The Morgan fingerprint density at radius 3 is 1.69 bits per heavy atom. The third-order valence-corrected chi connectivity index (χ3v) is 12.3. The van der Waals surface area contributed by atoms with Crippen LogP contribution in [0.3, 0.4) is 0 Å². The fourth-order valence-corrected chi connectivity index (χ4v) is 8.34. The van der Waals surface area contributed by atoms with Crippen LogP contribution in [0.15, 0.2) is 118 Å². The number of fused-ring (bicyclic) bond motifs is 2. The Bertz CT molecular complexity index is 3520. The summed E-state index contributed by atoms with van der Waals surface area (Å²) in [4.78, 5) is 0.766. The molecule has 0 aromatic heterocycles. The first kappa shape index (κ1) is 64.0. The summed E-state index contributed by atoms with van der Waals surface area (Å²) >= 11 is 5.82. The maximum absolute atomic E-state index is 12.4. The summed E-state index contributed by atoms with van der Waals surface area (Å²) in [7, 11) is -18.5. The van der Waals surface area contributed by atoms with E-state index in [1.54, 1.807) is 0 Å². The van der Waals surface area contributed by atoms with Crippen LogP contribution in [0.2, 0.25) is 5.02 Å². The second kappa shape index (κ2) is 24.6. The molecular weight excluding hydrogens is 1100 g/mol. The number of amidine groups is 1. The number of aromatic hydroxyl groups is 3. The molecule has 0 aliphatic heterocycles. The SMILES string of the molecule is COc1cc(N=Nc2cc(S(=O)(=O)O)cc3cc(S(=O)(=O)O)cc(O)c23)c(C)cc1N=C(O)Nc1ccc2c(O)c(N=Nc3cc(S(=O)(=O)O)cc(Cl)c3O)c(S(=O)(=O)O)cc2c1.[Cu].[Na+].[Na+].[Na+].[Na+]. The fourth-order valence-electron chi connectivity index (χ4n) is 5.81. The Morgan fingerprint density at radius 1 is 0.603 bits per heavy atom. The molecule has 341 valence electrons. The largest absolute Gasteiger partial charge is 1.00 e. The second-order valence-electron chi connectivity index (χ2n) is 12.9. The van der Waals surface area contributed by atoms with Crippen LogP contribution in [-0.4, -0.2) is 85.4 Å². The first-order chi connectivity index (χ1) is 29.1. The molecule has 0 spiro atoms. The molecule has 0 atom stereocenters. The zero-order valence-corrected chi connectivity index (χ0v) is 48.7. The van der Waals surface area contributed by atoms with Gasteiger partial charge in [-0.1, -0.05) is 11.6 Å². The number of benzene rings is 6. The van der Waals surface area contributed by atoms with Crippen molar-refractivity contribution < 1.29 is 212 Å². The van der Waals surface area contributed by atoms with Gasteiger partial charge in [0, 0.05) is 40.3 Å². The van der Waals surface area contributed by atoms with Crippen molar-refractivity contribution in [1.29, 1.82) is 0 Å². The molecule has 0 bridgehead atoms. The molecule has 68 heavy (non-hydrogen) atoms. The number of aryl methyl sites for hydroxylation is 1. The summed E-state index contributed by atoms with van der Waals surface area (Å²) in [5.41, 5.74) is -1.40. The zero-order valence-electron chi connectivity index (χ0n) is 35.7. The molecule has 9 N–H and O–H groups in total. The summed E-state index contributed by atoms with van der Waals surface area (Å²) in [6.07, 6.45) is 0. The fraction of sp³-hybridized carbons (Fsp3) is 0.0571. The third-order valence-electron chi connectivity index (χ3n) is 8.70. The molecular formula is C35H27ClCuN6Na4O17S4+4. The van der Waals surface area contributed by atoms with Crippen LogP contribution in [0.4, 0.5) is 34.1 Å². The second-order valence-corrected chi connectivity index (χ2v) is 19.0. The van der Waals surface area contributed by atoms with Gasteiger partial charge in [0.05, 0.1) is 43.6 Å². The molecule has 0 saturated carbocycles. The maximum Gasteiger partial charge on any atom is 1.00 e. The molecule has 6 aromatic rings. The van der Waals surface area contributed by atoms with E-state index in [1.807, 2.05) is 0 Å². The van der Waals surface area contributed by atoms with Crippen LogP contribution in [-0.2, 0) is 57.5 Å². The van der Waals surface area contributed by atoms with Gasteiger partial charge < -0.3 is 30.5 Å². The molecule has 0 fully saturated rings. The van der Waals surface area contributed by atoms with Gasteiger partial charge in [0.1, 0.15) is 33.5 Å². The summed E-state index contributed by atoms with van der Waals surface area (Å²) in [6, 6.07) is 11.2. The standard InChI is InChI=1S/C35H27ClN6O17S4.Cu.4Na/c1-15-5-25(29(59-2)14-24(15)39-40-26-11-19(60(47,48)49)7-17-8-20(61(50,51)52)13-28(43)31(17)26)38-35(46)37-18-3-4-22-16(6-18)9-30(63(56,57)58)32(33(22)44)42-41-27-12-21(62(53,54)55)10-23(36)34(27)45;;;;;/h3-14,43-45H,1-2H3,(H2,37,38,46)(H,47,48,49)(H,50,51,52)(H,53,54,55)(H,56,57,58);;;;;/q;;4*+1. The number of rotatable bonds is 11. The van der Waals surface area contributed by atoms with Crippen LogP contribution in [0.25, 0.3) is 21.5 Å². The Morgan fingerprint density at radius 2 is 1.13 bits per heavy atom. The van der Waals surface area contributed by atoms with Crippen molar-refractivity contribution in [2.45, 2.75) is 26.5 Å². The van der Waals surface area contributed by atoms with Gasteiger partial charge in [-0.25, -0.2) is 0 Å². The van der Waals surface area contributed by atoms with E-state index in [2.05, 4.69) is 30.8 Å². The first-order valence-electron chi connectivity index (χ1n) is 16.8. The van der Waals surface area contributed by atoms with Crippen molar-refractivity contribution in [3.05, 3.63) is 83.4 Å². The van der Waals surface area contributed by atoms with E-state index < -0.39 is 99.7 Å². The number of methoxy groups -OCH3 is 1. The minimum absolute atomic E-state index is 0. The van der Waals surface area contributed by atoms with Crippen LogP contribution in [0.5, 0.6) is 23.0 Å². The molecule has 1 radical (unpaired) electrons. The number of aliphatic imine (C=N–C) groups is 1. The number of phenols is 3. The Balaban J connectivity index is 0.00000462. The van der Waals surface area contributed by atoms with Gasteiger partial charge >= 0.3 is 118 Å². The van der Waals surface area contributed by atoms with Crippen molar-refractivity contribution in [3.63, 3.8) is 0 Å². The van der Waals surface area contributed by atoms with Crippen molar-refractivity contribution in [2.24, 2.45) is 25.4 Å². The molecule has 0 aliphatic carbocycles. The van der Waals surface area contributed by atoms with Crippen LogP contribution in [0.1, 0.15) is 5.56 Å². The van der Waals surface area contributed by atoms with Gasteiger partial charge in [-0.2, -0.15) is 43.8 Å². The van der Waals surface area contributed by atoms with Crippen molar-refractivity contribution >= 4 is 114 Å². The summed E-state index contributed by atoms with van der Waals surface area (Å²) in [6.45, 7) is 1.53. The molecule has 0 amide bonds. The van der Waals surface area contributed by atoms with E-state index in [0.29, 0.717) is 23.8 Å². The van der Waals surface area contributed by atoms with Crippen molar-refractivity contribution in [2.75, 3.05) is 12.4 Å². The van der Waals surface area contributed by atoms with Crippen LogP contribution in [0, 0.1) is 6.92 Å². The minimum atomic E-state index is -5.17. The van der Waals surface area contributed by atoms with Gasteiger partial charge in [-0.05, 0) is 83.9 Å². The molecule has 33 heteroatoms. The minimum Gasteiger partial charge on any atom is -0.507 e. The number of halogens is 1. The van der Waals surface area contributed by atoms with Crippen molar-refractivity contribution in [1.82, 2.24) is 0 Å². The number of hydrogen-bond donors (Lipinski definition) is 9. The van der Waals surface area contributed by atoms with Gasteiger partial charge in [0.15, 0.2) is 11.5 Å². The van der Waals surface area contributed by atoms with Crippen molar-refractivity contribution in [3.8, 4) is 23.0 Å². The van der Waals surface area contributed by atoms with Crippen LogP contribution >= 0.6 is 11.6 Å². The van der Waals surface area contributed by atoms with Gasteiger partial charge in [-0.3, -0.25) is 18.2 Å². The van der Waals surface area contributed by atoms with Gasteiger partial charge in [-0.15, -0.1) is 15.3 Å². The van der Waals surface area contributed by atoms with E-state index in [4.69, 9.17) is 16.3 Å². The number of aliphatic hydroxyl groups is 1. The van der Waals surface area contributed by atoms with E-state index in [-0.39, 0.29) is 185 Å². The summed E-state index contributed by atoms with van der Waals surface area (Å²) in [5.74, 6) is -2.42. The third kappa shape index (κ3) is 14.8. The zero-order chi connectivity index (χ0) is 46.6. The number of hydrogen-bond acceptors (Lipinski definition) is 17. The molecule has 0 saturated heterocycles. The monoisotopic (exact) mass is 1120 g/mol. The molecule has 23 nitrogen and oxygen atoms in total. The number of anilines is 1. The normalized spacial score (nSPS) is 12.1. The first-order valence-corrected chi connectivity index (χ1v) is 22.9. The average Bonchev–Trinajstić information content (AvgIpc) is 3.16. The van der Waals surface area contributed by atoms with Gasteiger partial charge in [0.25, 0.3) is 46.5 Å².